The second-order valence-electron chi connectivity index (χ2n) is 12.5. The van der Waals surface area contributed by atoms with Crippen molar-refractivity contribution in [2.45, 2.75) is 105 Å². The molecule has 0 saturated carbocycles. The molecular formula is C16H48O4Si8. The monoisotopic (exact) mass is 528 g/mol. The first kappa shape index (κ1) is 27.6. The predicted octanol–water partition coefficient (Wildman–Crippen LogP) is 6.02. The van der Waals surface area contributed by atoms with Gasteiger partial charge in [0.25, 0.3) is 0 Å². The molecule has 0 aromatic rings. The van der Waals surface area contributed by atoms with Gasteiger partial charge in [-0.3, -0.25) is 0 Å². The van der Waals surface area contributed by atoms with Crippen LogP contribution in [0.4, 0.5) is 0 Å². The van der Waals surface area contributed by atoms with E-state index in [1.54, 1.807) is 0 Å². The number of hydrogen-bond donors (Lipinski definition) is 0. The van der Waals surface area contributed by atoms with Gasteiger partial charge in [0.2, 0.25) is 0 Å². The highest BCUT2D eigenvalue weighted by Crippen LogP contribution is 2.39. The van der Waals surface area contributed by atoms with Gasteiger partial charge in [0.15, 0.2) is 62.7 Å². The van der Waals surface area contributed by atoms with Gasteiger partial charge in [-0.1, -0.05) is 0 Å². The van der Waals surface area contributed by atoms with E-state index in [-0.39, 0.29) is 0 Å². The van der Waals surface area contributed by atoms with E-state index in [9.17, 15) is 0 Å². The van der Waals surface area contributed by atoms with Crippen molar-refractivity contribution >= 4 is 62.7 Å². The third kappa shape index (κ3) is 5.14. The van der Waals surface area contributed by atoms with Crippen molar-refractivity contribution < 1.29 is 16.5 Å². The van der Waals surface area contributed by atoms with Crippen LogP contribution in [0.25, 0.3) is 0 Å². The molecule has 1 aliphatic heterocycles. The molecule has 1 heterocycles. The van der Waals surface area contributed by atoms with Crippen LogP contribution in [0.2, 0.25) is 105 Å². The summed E-state index contributed by atoms with van der Waals surface area (Å²) in [6.07, 6.45) is 0. The van der Waals surface area contributed by atoms with Gasteiger partial charge in [-0.25, -0.2) is 0 Å². The number of hydrogen-bond acceptors (Lipinski definition) is 4. The SMILES string of the molecule is C[Si]1(C)O[Si](C)(C)[Si](C)(C)O[Si](C)(C)[Si](C)(C)O[Si](C)(C)[Si](C)(C)O[Si]1(C)C. The van der Waals surface area contributed by atoms with Gasteiger partial charge >= 0.3 is 0 Å². The molecule has 0 aromatic heterocycles. The topological polar surface area (TPSA) is 36.9 Å². The molecule has 1 aliphatic rings. The molecule has 4 nitrogen and oxygen atoms in total. The first-order valence-electron chi connectivity index (χ1n) is 10.6. The summed E-state index contributed by atoms with van der Waals surface area (Å²) in [5.74, 6) is 0. The third-order valence-corrected chi connectivity index (χ3v) is 77.9. The average Bonchev–Trinajstić information content (AvgIpc) is 2.31. The first-order valence-corrected chi connectivity index (χ1v) is 37.9. The highest BCUT2D eigenvalue weighted by molar-refractivity contribution is 7.50. The van der Waals surface area contributed by atoms with Gasteiger partial charge in [-0.15, -0.1) is 0 Å². The molecule has 28 heavy (non-hydrogen) atoms. The van der Waals surface area contributed by atoms with Crippen LogP contribution in [0.1, 0.15) is 0 Å². The third-order valence-electron chi connectivity index (χ3n) is 7.84. The lowest BCUT2D eigenvalue weighted by molar-refractivity contribution is 0.490. The van der Waals surface area contributed by atoms with Gasteiger partial charge < -0.3 is 16.5 Å². The highest BCUT2D eigenvalue weighted by atomic mass is 29.4. The van der Waals surface area contributed by atoms with Crippen LogP contribution in [0.3, 0.4) is 0 Å². The second kappa shape index (κ2) is 7.57. The second-order valence-corrected chi connectivity index (χ2v) is 68.8. The van der Waals surface area contributed by atoms with Crippen LogP contribution in [-0.4, -0.2) is 62.7 Å². The van der Waals surface area contributed by atoms with Crippen LogP contribution >= 0.6 is 0 Å². The molecular weight excluding hydrogens is 481 g/mol. The molecule has 0 aliphatic carbocycles. The maximum atomic E-state index is 7.24. The molecule has 1 rings (SSSR count). The molecule has 1 saturated heterocycles. The van der Waals surface area contributed by atoms with Crippen LogP contribution < -0.4 is 0 Å². The van der Waals surface area contributed by atoms with Gasteiger partial charge in [0, 0.05) is 0 Å². The molecule has 0 radical (unpaired) electrons. The summed E-state index contributed by atoms with van der Waals surface area (Å²) in [5, 5.41) is 0. The van der Waals surface area contributed by atoms with E-state index in [4.69, 9.17) is 16.5 Å². The summed E-state index contributed by atoms with van der Waals surface area (Å²) in [6.45, 7) is 38.5. The maximum absolute atomic E-state index is 7.24. The zero-order chi connectivity index (χ0) is 22.8. The normalized spacial score (nSPS) is 32.6. The van der Waals surface area contributed by atoms with Crippen LogP contribution in [0, 0.1) is 0 Å². The Hall–Kier alpha value is 1.58. The first-order chi connectivity index (χ1) is 11.8. The molecule has 0 spiro atoms. The molecule has 0 unspecified atom stereocenters. The fourth-order valence-electron chi connectivity index (χ4n) is 3.53. The van der Waals surface area contributed by atoms with Crippen LogP contribution in [0.5, 0.6) is 0 Å². The van der Waals surface area contributed by atoms with E-state index in [1.165, 1.54) is 0 Å². The smallest absolute Gasteiger partial charge is 0.191 e. The van der Waals surface area contributed by atoms with Gasteiger partial charge in [-0.2, -0.15) is 0 Å². The van der Waals surface area contributed by atoms with E-state index in [0.29, 0.717) is 0 Å². The summed E-state index contributed by atoms with van der Waals surface area (Å²) in [4.78, 5) is 0. The lowest BCUT2D eigenvalue weighted by atomic mass is 11.9. The molecule has 0 aromatic carbocycles. The van der Waals surface area contributed by atoms with Crippen molar-refractivity contribution in [3.05, 3.63) is 0 Å². The Balaban J connectivity index is 3.68. The molecule has 0 N–H and O–H groups in total. The zero-order valence-corrected chi connectivity index (χ0v) is 29.6. The van der Waals surface area contributed by atoms with Crippen molar-refractivity contribution in [2.75, 3.05) is 0 Å². The fraction of sp³-hybridized carbons (Fsp3) is 1.00. The summed E-state index contributed by atoms with van der Waals surface area (Å²) in [6, 6.07) is 0. The van der Waals surface area contributed by atoms with Crippen LogP contribution in [0.15, 0.2) is 0 Å². The molecule has 168 valence electrons. The summed E-state index contributed by atoms with van der Waals surface area (Å²) < 4.78 is 28.9. The average molecular weight is 529 g/mol. The van der Waals surface area contributed by atoms with Crippen molar-refractivity contribution in [1.82, 2.24) is 0 Å². The Bertz CT molecular complexity index is 447. The van der Waals surface area contributed by atoms with E-state index < -0.39 is 62.7 Å². The Morgan fingerprint density at radius 2 is 0.286 bits per heavy atom. The molecule has 0 bridgehead atoms. The minimum Gasteiger partial charge on any atom is -0.456 e. The summed E-state index contributed by atoms with van der Waals surface area (Å²) in [5.41, 5.74) is 0. The highest BCUT2D eigenvalue weighted by Gasteiger charge is 2.62. The standard InChI is InChI=1S/C16H48O4Si8/c1-21(2)17-23(5,6)25(9,10)19-27(13,14)28(15,16)20-26(11,12)24(7,8)18-22(21,3)4/h1-16H3. The Morgan fingerprint density at radius 1 is 0.214 bits per heavy atom. The van der Waals surface area contributed by atoms with Crippen molar-refractivity contribution in [3.63, 3.8) is 0 Å². The van der Waals surface area contributed by atoms with Crippen molar-refractivity contribution in [1.29, 1.82) is 0 Å². The minimum absolute atomic E-state index is 1.99. The van der Waals surface area contributed by atoms with E-state index >= 15 is 0 Å². The maximum Gasteiger partial charge on any atom is 0.191 e. The summed E-state index contributed by atoms with van der Waals surface area (Å²) >= 11 is 0. The van der Waals surface area contributed by atoms with Crippen molar-refractivity contribution in [3.8, 4) is 0 Å². The molecule has 1 fully saturated rings. The molecule has 12 heteroatoms. The Labute approximate surface area is 183 Å². The van der Waals surface area contributed by atoms with Crippen LogP contribution in [-0.2, 0) is 16.5 Å². The lowest BCUT2D eigenvalue weighted by Crippen LogP contribution is -2.78. The minimum atomic E-state index is -1.99. The van der Waals surface area contributed by atoms with E-state index in [2.05, 4.69) is 105 Å². The Morgan fingerprint density at radius 3 is 0.357 bits per heavy atom. The summed E-state index contributed by atoms with van der Waals surface area (Å²) in [7, 11) is -15.9. The van der Waals surface area contributed by atoms with E-state index in [1.807, 2.05) is 0 Å². The zero-order valence-electron chi connectivity index (χ0n) is 21.6. The quantitative estimate of drug-likeness (QED) is 0.360. The van der Waals surface area contributed by atoms with Gasteiger partial charge in [0.1, 0.15) is 0 Å². The predicted molar refractivity (Wildman–Crippen MR) is 144 cm³/mol. The van der Waals surface area contributed by atoms with E-state index in [0.717, 1.165) is 0 Å². The fourth-order valence-corrected chi connectivity index (χ4v) is 71.6. The Kier molecular flexibility index (Phi) is 7.46. The number of rotatable bonds is 0. The molecule has 0 amide bonds. The molecule has 0 atom stereocenters. The largest absolute Gasteiger partial charge is 0.456 e. The van der Waals surface area contributed by atoms with Gasteiger partial charge in [-0.05, 0) is 105 Å². The lowest BCUT2D eigenvalue weighted by Gasteiger charge is -2.56. The van der Waals surface area contributed by atoms with Crippen molar-refractivity contribution in [2.24, 2.45) is 0 Å². The van der Waals surface area contributed by atoms with Gasteiger partial charge in [0.05, 0.1) is 0 Å².